The Balaban J connectivity index is 2.21. The molecule has 2 heterocycles. The molecule has 0 bridgehead atoms. The summed E-state index contributed by atoms with van der Waals surface area (Å²) < 4.78 is 2.09. The van der Waals surface area contributed by atoms with Crippen molar-refractivity contribution in [3.8, 4) is 0 Å². The summed E-state index contributed by atoms with van der Waals surface area (Å²) in [6, 6.07) is 6.41. The Labute approximate surface area is 115 Å². The molecular weight excluding hydrogens is 256 g/mol. The first-order valence-electron chi connectivity index (χ1n) is 6.34. The number of nitrogens with two attached hydrogens (primary N) is 1. The minimum absolute atomic E-state index is 0.160. The van der Waals surface area contributed by atoms with Gasteiger partial charge in [-0.05, 0) is 31.0 Å². The van der Waals surface area contributed by atoms with Crippen LogP contribution in [0, 0.1) is 6.92 Å². The minimum Gasteiger partial charge on any atom is -0.369 e. The van der Waals surface area contributed by atoms with E-state index >= 15 is 0 Å². The third-order valence-electron chi connectivity index (χ3n) is 3.31. The van der Waals surface area contributed by atoms with Crippen LogP contribution >= 0.6 is 11.3 Å². The summed E-state index contributed by atoms with van der Waals surface area (Å²) in [5.74, 6) is 0.558. The lowest BCUT2D eigenvalue weighted by atomic mass is 10.2. The molecule has 98 valence electrons. The molecule has 1 unspecified atom stereocenters. The maximum atomic E-state index is 6.11. The second-order valence-electron chi connectivity index (χ2n) is 4.63. The van der Waals surface area contributed by atoms with Crippen LogP contribution in [0.1, 0.15) is 30.0 Å². The van der Waals surface area contributed by atoms with Crippen LogP contribution in [0.25, 0.3) is 11.0 Å². The molecule has 5 heteroatoms. The number of anilines is 1. The van der Waals surface area contributed by atoms with Crippen LogP contribution in [0.15, 0.2) is 29.8 Å². The van der Waals surface area contributed by atoms with Gasteiger partial charge in [0.1, 0.15) is 5.01 Å². The third kappa shape index (κ3) is 2.00. The topological polar surface area (TPSA) is 56.7 Å². The summed E-state index contributed by atoms with van der Waals surface area (Å²) >= 11 is 1.66. The first-order chi connectivity index (χ1) is 9.20. The lowest BCUT2D eigenvalue weighted by Gasteiger charge is -2.16. The molecule has 0 aliphatic rings. The van der Waals surface area contributed by atoms with Gasteiger partial charge in [-0.3, -0.25) is 0 Å². The molecule has 2 aromatic heterocycles. The molecule has 4 nitrogen and oxygen atoms in total. The van der Waals surface area contributed by atoms with Gasteiger partial charge < -0.3 is 10.3 Å². The van der Waals surface area contributed by atoms with Gasteiger partial charge in [0.15, 0.2) is 0 Å². The molecule has 2 N–H and O–H groups in total. The van der Waals surface area contributed by atoms with Gasteiger partial charge in [-0.2, -0.15) is 0 Å². The highest BCUT2D eigenvalue weighted by atomic mass is 32.1. The van der Waals surface area contributed by atoms with E-state index in [1.165, 1.54) is 5.56 Å². The van der Waals surface area contributed by atoms with Crippen molar-refractivity contribution < 1.29 is 0 Å². The number of rotatable bonds is 3. The van der Waals surface area contributed by atoms with Crippen LogP contribution in [0.4, 0.5) is 5.95 Å². The Bertz CT molecular complexity index is 700. The maximum absolute atomic E-state index is 6.11. The molecular formula is C14H16N4S. The largest absolute Gasteiger partial charge is 0.369 e. The average Bonchev–Trinajstić information content (AvgIpc) is 2.99. The summed E-state index contributed by atoms with van der Waals surface area (Å²) in [6.45, 7) is 4.21. The zero-order valence-electron chi connectivity index (χ0n) is 11.0. The van der Waals surface area contributed by atoms with Gasteiger partial charge in [-0.25, -0.2) is 9.97 Å². The molecule has 19 heavy (non-hydrogen) atoms. The Morgan fingerprint density at radius 3 is 2.95 bits per heavy atom. The van der Waals surface area contributed by atoms with Crippen molar-refractivity contribution in [1.29, 1.82) is 0 Å². The van der Waals surface area contributed by atoms with Crippen molar-refractivity contribution in [3.63, 3.8) is 0 Å². The fourth-order valence-corrected chi connectivity index (χ4v) is 3.23. The predicted octanol–water partition coefficient (Wildman–Crippen LogP) is 3.38. The van der Waals surface area contributed by atoms with Gasteiger partial charge in [-0.1, -0.05) is 13.0 Å². The molecule has 3 aromatic rings. The zero-order valence-corrected chi connectivity index (χ0v) is 11.8. The number of hydrogen-bond acceptors (Lipinski definition) is 4. The second kappa shape index (κ2) is 4.66. The predicted molar refractivity (Wildman–Crippen MR) is 79.4 cm³/mol. The molecule has 0 aliphatic carbocycles. The summed E-state index contributed by atoms with van der Waals surface area (Å²) in [4.78, 5) is 8.89. The molecule has 0 amide bonds. The van der Waals surface area contributed by atoms with Gasteiger partial charge in [0, 0.05) is 11.6 Å². The molecule has 0 radical (unpaired) electrons. The van der Waals surface area contributed by atoms with Crippen LogP contribution in [0.2, 0.25) is 0 Å². The van der Waals surface area contributed by atoms with Crippen molar-refractivity contribution in [2.24, 2.45) is 0 Å². The number of aryl methyl sites for hydroxylation is 1. The smallest absolute Gasteiger partial charge is 0.201 e. The molecule has 0 saturated carbocycles. The quantitative estimate of drug-likeness (QED) is 0.795. The van der Waals surface area contributed by atoms with E-state index < -0.39 is 0 Å². The van der Waals surface area contributed by atoms with Crippen molar-refractivity contribution >= 4 is 28.3 Å². The molecule has 0 spiro atoms. The minimum atomic E-state index is 0.160. The Morgan fingerprint density at radius 2 is 2.26 bits per heavy atom. The molecule has 3 rings (SSSR count). The molecule has 0 aliphatic heterocycles. The first kappa shape index (κ1) is 12.2. The van der Waals surface area contributed by atoms with E-state index in [2.05, 4.69) is 46.6 Å². The van der Waals surface area contributed by atoms with Crippen molar-refractivity contribution in [1.82, 2.24) is 14.5 Å². The van der Waals surface area contributed by atoms with Crippen LogP contribution in [0.3, 0.4) is 0 Å². The van der Waals surface area contributed by atoms with E-state index in [1.807, 2.05) is 11.6 Å². The van der Waals surface area contributed by atoms with Gasteiger partial charge in [-0.15, -0.1) is 11.3 Å². The van der Waals surface area contributed by atoms with Gasteiger partial charge in [0.2, 0.25) is 5.95 Å². The fourth-order valence-electron chi connectivity index (χ4n) is 2.42. The summed E-state index contributed by atoms with van der Waals surface area (Å²) in [6.07, 6.45) is 2.78. The number of thiazole rings is 1. The van der Waals surface area contributed by atoms with Gasteiger partial charge in [0.25, 0.3) is 0 Å². The maximum Gasteiger partial charge on any atom is 0.201 e. The van der Waals surface area contributed by atoms with Crippen LogP contribution in [-0.4, -0.2) is 14.5 Å². The highest BCUT2D eigenvalue weighted by Gasteiger charge is 2.19. The molecule has 1 aromatic carbocycles. The van der Waals surface area contributed by atoms with E-state index in [9.17, 15) is 0 Å². The zero-order chi connectivity index (χ0) is 13.4. The number of nitrogen functional groups attached to an aromatic ring is 1. The van der Waals surface area contributed by atoms with Crippen molar-refractivity contribution in [2.45, 2.75) is 26.3 Å². The monoisotopic (exact) mass is 272 g/mol. The highest BCUT2D eigenvalue weighted by molar-refractivity contribution is 7.09. The average molecular weight is 272 g/mol. The number of benzene rings is 1. The lowest BCUT2D eigenvalue weighted by Crippen LogP contribution is -2.12. The van der Waals surface area contributed by atoms with Gasteiger partial charge in [0.05, 0.1) is 17.1 Å². The Hall–Kier alpha value is -1.88. The van der Waals surface area contributed by atoms with E-state index in [-0.39, 0.29) is 6.04 Å². The standard InChI is InChI=1S/C14H16N4S/c1-3-11(13-16-6-7-19-13)18-12-5-4-9(2)8-10(12)17-14(18)15/h4-8,11H,3H2,1-2H3,(H2,15,17). The summed E-state index contributed by atoms with van der Waals surface area (Å²) in [5.41, 5.74) is 9.33. The first-order valence-corrected chi connectivity index (χ1v) is 7.22. The number of fused-ring (bicyclic) bond motifs is 1. The van der Waals surface area contributed by atoms with E-state index in [0.29, 0.717) is 5.95 Å². The van der Waals surface area contributed by atoms with Gasteiger partial charge >= 0.3 is 0 Å². The molecule has 1 atom stereocenters. The van der Waals surface area contributed by atoms with Crippen molar-refractivity contribution in [2.75, 3.05) is 5.73 Å². The highest BCUT2D eigenvalue weighted by Crippen LogP contribution is 2.31. The van der Waals surface area contributed by atoms with Crippen molar-refractivity contribution in [3.05, 3.63) is 40.3 Å². The fraction of sp³-hybridized carbons (Fsp3) is 0.286. The normalized spacial score (nSPS) is 12.9. The summed E-state index contributed by atoms with van der Waals surface area (Å²) in [5, 5.41) is 3.08. The third-order valence-corrected chi connectivity index (χ3v) is 4.18. The van der Waals surface area contributed by atoms with Crippen LogP contribution in [-0.2, 0) is 0 Å². The van der Waals surface area contributed by atoms with E-state index in [4.69, 9.17) is 5.73 Å². The number of nitrogens with zero attached hydrogens (tertiary/aromatic N) is 3. The number of aromatic nitrogens is 3. The second-order valence-corrected chi connectivity index (χ2v) is 5.55. The number of hydrogen-bond donors (Lipinski definition) is 1. The lowest BCUT2D eigenvalue weighted by molar-refractivity contribution is 0.585. The van der Waals surface area contributed by atoms with Crippen LogP contribution < -0.4 is 5.73 Å². The number of imidazole rings is 1. The Morgan fingerprint density at radius 1 is 1.42 bits per heavy atom. The summed E-state index contributed by atoms with van der Waals surface area (Å²) in [7, 11) is 0. The molecule has 0 fully saturated rings. The molecule has 0 saturated heterocycles. The van der Waals surface area contributed by atoms with E-state index in [1.54, 1.807) is 11.3 Å². The van der Waals surface area contributed by atoms with E-state index in [0.717, 1.165) is 22.5 Å². The van der Waals surface area contributed by atoms with Crippen LogP contribution in [0.5, 0.6) is 0 Å². The SMILES string of the molecule is CCC(c1nccs1)n1c(N)nc2cc(C)ccc21. The Kier molecular flexibility index (Phi) is 2.98.